The van der Waals surface area contributed by atoms with E-state index in [1.807, 2.05) is 0 Å². The van der Waals surface area contributed by atoms with Crippen molar-refractivity contribution >= 4 is 60.0 Å². The van der Waals surface area contributed by atoms with Gasteiger partial charge in [-0.15, -0.1) is 0 Å². The zero-order valence-corrected chi connectivity index (χ0v) is 34.6. The van der Waals surface area contributed by atoms with Gasteiger partial charge in [0.25, 0.3) is 0 Å². The largest absolute Gasteiger partial charge is 0.455 e. The molecular formula is C61H31N3O. The van der Waals surface area contributed by atoms with E-state index in [0.29, 0.717) is 5.56 Å². The number of furan rings is 1. The molecule has 2 bridgehead atoms. The lowest BCUT2D eigenvalue weighted by Gasteiger charge is -2.58. The first kappa shape index (κ1) is 33.2. The molecule has 0 N–H and O–H groups in total. The SMILES string of the molecule is N#Cc1cc2c(c3c1C1c4ccccc4C3c3ccccc31)c1c(-c3ccccc3)c3c4ccccc4oc3c3c4c5c(c(C#N)cc4n2c13)C1c2ccccc2C12c1ccccc1C52. The Hall–Kier alpha value is -8.44. The van der Waals surface area contributed by atoms with E-state index in [9.17, 15) is 10.5 Å². The molecule has 65 heavy (non-hydrogen) atoms. The number of hydrogen-bond acceptors (Lipinski definition) is 3. The molecule has 9 aromatic carbocycles. The molecule has 3 heterocycles. The molecule has 1 spiro atoms. The molecule has 296 valence electrons. The van der Waals surface area contributed by atoms with Crippen molar-refractivity contribution in [2.24, 2.45) is 0 Å². The second-order valence-electron chi connectivity index (χ2n) is 19.0. The van der Waals surface area contributed by atoms with Crippen molar-refractivity contribution in [2.75, 3.05) is 0 Å². The first-order valence-corrected chi connectivity index (χ1v) is 22.7. The van der Waals surface area contributed by atoms with Gasteiger partial charge < -0.3 is 8.82 Å². The van der Waals surface area contributed by atoms with Crippen LogP contribution in [-0.4, -0.2) is 4.40 Å². The molecule has 3 aromatic heterocycles. The summed E-state index contributed by atoms with van der Waals surface area (Å²) in [6.07, 6.45) is 0. The highest BCUT2D eigenvalue weighted by Crippen LogP contribution is 2.78. The van der Waals surface area contributed by atoms with Crippen molar-refractivity contribution in [1.29, 1.82) is 10.5 Å². The lowest BCUT2D eigenvalue weighted by Crippen LogP contribution is -2.52. The summed E-state index contributed by atoms with van der Waals surface area (Å²) in [5.74, 6) is -0.00631. The summed E-state index contributed by atoms with van der Waals surface area (Å²) < 4.78 is 9.74. The van der Waals surface area contributed by atoms with Gasteiger partial charge in [-0.2, -0.15) is 10.5 Å². The van der Waals surface area contributed by atoms with Crippen LogP contribution >= 0.6 is 0 Å². The maximum Gasteiger partial charge on any atom is 0.146 e. The fraction of sp³-hybridized carbons (Fsp3) is 0.0820. The summed E-state index contributed by atoms with van der Waals surface area (Å²) in [7, 11) is 0. The third-order valence-electron chi connectivity index (χ3n) is 16.8. The van der Waals surface area contributed by atoms with Crippen molar-refractivity contribution < 1.29 is 4.42 Å². The highest BCUT2D eigenvalue weighted by Gasteiger charge is 2.70. The van der Waals surface area contributed by atoms with Gasteiger partial charge in [-0.3, -0.25) is 0 Å². The van der Waals surface area contributed by atoms with Crippen molar-refractivity contribution in [3.63, 3.8) is 0 Å². The molecule has 18 rings (SSSR count). The minimum Gasteiger partial charge on any atom is -0.455 e. The second kappa shape index (κ2) is 10.8. The molecule has 4 nitrogen and oxygen atoms in total. The third kappa shape index (κ3) is 3.34. The van der Waals surface area contributed by atoms with Crippen LogP contribution in [-0.2, 0) is 5.41 Å². The monoisotopic (exact) mass is 821 g/mol. The van der Waals surface area contributed by atoms with E-state index in [0.717, 1.165) is 77.1 Å². The van der Waals surface area contributed by atoms with Crippen molar-refractivity contribution in [3.05, 3.63) is 242 Å². The average molecular weight is 822 g/mol. The Morgan fingerprint density at radius 2 is 0.969 bits per heavy atom. The van der Waals surface area contributed by atoms with E-state index in [1.54, 1.807) is 0 Å². The Bertz CT molecular complexity index is 4310. The predicted octanol–water partition coefficient (Wildman–Crippen LogP) is 14.0. The number of aromatic nitrogens is 1. The van der Waals surface area contributed by atoms with Gasteiger partial charge in [0.1, 0.15) is 11.2 Å². The van der Waals surface area contributed by atoms with E-state index in [-0.39, 0.29) is 29.1 Å². The van der Waals surface area contributed by atoms with Gasteiger partial charge in [0.2, 0.25) is 0 Å². The van der Waals surface area contributed by atoms with Gasteiger partial charge in [-0.1, -0.05) is 146 Å². The van der Waals surface area contributed by atoms with Crippen LogP contribution in [0.25, 0.3) is 71.2 Å². The normalized spacial score (nSPS) is 21.0. The average Bonchev–Trinajstić information content (AvgIpc) is 4.06. The molecular weight excluding hydrogens is 791 g/mol. The maximum atomic E-state index is 11.4. The molecule has 3 atom stereocenters. The van der Waals surface area contributed by atoms with Gasteiger partial charge >= 0.3 is 0 Å². The number of nitriles is 2. The number of para-hydroxylation sites is 1. The molecule has 12 aromatic rings. The molecule has 0 amide bonds. The van der Waals surface area contributed by atoms with Gasteiger partial charge in [-0.05, 0) is 90.5 Å². The fourth-order valence-corrected chi connectivity index (χ4v) is 14.9. The number of hydrogen-bond donors (Lipinski definition) is 0. The van der Waals surface area contributed by atoms with Gasteiger partial charge in [0.15, 0.2) is 0 Å². The fourth-order valence-electron chi connectivity index (χ4n) is 14.9. The molecule has 3 unspecified atom stereocenters. The van der Waals surface area contributed by atoms with Gasteiger partial charge in [0, 0.05) is 61.6 Å². The maximum absolute atomic E-state index is 11.4. The number of nitrogens with zero attached hydrogens (tertiary/aromatic N) is 3. The van der Waals surface area contributed by atoms with Crippen LogP contribution in [0, 0.1) is 22.7 Å². The lowest BCUT2D eigenvalue weighted by molar-refractivity contribution is 0.333. The van der Waals surface area contributed by atoms with Gasteiger partial charge in [-0.25, -0.2) is 0 Å². The van der Waals surface area contributed by atoms with Crippen LogP contribution in [0.1, 0.15) is 102 Å². The molecule has 6 aliphatic carbocycles. The summed E-state index contributed by atoms with van der Waals surface area (Å²) in [6, 6.07) is 65.1. The van der Waals surface area contributed by atoms with Gasteiger partial charge in [0.05, 0.1) is 45.2 Å². The van der Waals surface area contributed by atoms with Crippen molar-refractivity contribution in [3.8, 4) is 23.3 Å². The third-order valence-corrected chi connectivity index (χ3v) is 16.8. The smallest absolute Gasteiger partial charge is 0.146 e. The second-order valence-corrected chi connectivity index (χ2v) is 19.0. The van der Waals surface area contributed by atoms with Crippen LogP contribution in [0.5, 0.6) is 0 Å². The number of rotatable bonds is 1. The first-order valence-electron chi connectivity index (χ1n) is 22.7. The number of benzene rings is 9. The first-order chi connectivity index (χ1) is 32.2. The molecule has 0 saturated heterocycles. The van der Waals surface area contributed by atoms with E-state index >= 15 is 0 Å². The quantitative estimate of drug-likeness (QED) is 0.166. The zero-order valence-electron chi connectivity index (χ0n) is 34.6. The Morgan fingerprint density at radius 3 is 1.60 bits per heavy atom. The number of fused-ring (bicyclic) bond motifs is 18. The molecule has 0 saturated carbocycles. The van der Waals surface area contributed by atoms with E-state index in [1.165, 1.54) is 66.4 Å². The van der Waals surface area contributed by atoms with Crippen LogP contribution in [0.15, 0.2) is 168 Å². The van der Waals surface area contributed by atoms with Crippen LogP contribution in [0.4, 0.5) is 0 Å². The highest BCUT2D eigenvalue weighted by molar-refractivity contribution is 6.39. The van der Waals surface area contributed by atoms with E-state index in [4.69, 9.17) is 4.42 Å². The highest BCUT2D eigenvalue weighted by atomic mass is 16.3. The summed E-state index contributed by atoms with van der Waals surface area (Å²) >= 11 is 0. The van der Waals surface area contributed by atoms with Crippen LogP contribution in [0.3, 0.4) is 0 Å². The summed E-state index contributed by atoms with van der Waals surface area (Å²) in [4.78, 5) is 0. The van der Waals surface area contributed by atoms with Crippen LogP contribution < -0.4 is 0 Å². The van der Waals surface area contributed by atoms with E-state index < -0.39 is 0 Å². The minimum absolute atomic E-state index is 0.0703. The Labute approximate surface area is 371 Å². The molecule has 0 fully saturated rings. The molecule has 0 aliphatic heterocycles. The summed E-state index contributed by atoms with van der Waals surface area (Å²) in [5, 5.41) is 29.6. The van der Waals surface area contributed by atoms with Crippen LogP contribution in [0.2, 0.25) is 0 Å². The Balaban J connectivity index is 1.16. The standard InChI is InChI=1S/C61H31N3O/c62-28-31-26-42-51(53-46(31)48-33-16-4-6-18-35(33)49(53)36-19-7-5-17-34(36)48)55-45(30-14-2-1-3-15-30)50-39-22-10-13-25-44(39)65-60(50)56-52-43(64(42)59(55)56)27-32(29-63)47-54(52)58-38-21-9-12-24-41(38)61(58)40-23-11-8-20-37(40)57(47)61/h1-27,48-49,57-58H. The molecule has 0 radical (unpaired) electrons. The predicted molar refractivity (Wildman–Crippen MR) is 255 cm³/mol. The van der Waals surface area contributed by atoms with Crippen molar-refractivity contribution in [1.82, 2.24) is 4.40 Å². The Kier molecular flexibility index (Phi) is 5.53. The molecule has 4 heteroatoms. The topological polar surface area (TPSA) is 65.1 Å². The zero-order chi connectivity index (χ0) is 42.2. The summed E-state index contributed by atoms with van der Waals surface area (Å²) in [6.45, 7) is 0. The lowest BCUT2D eigenvalue weighted by atomic mass is 9.43. The summed E-state index contributed by atoms with van der Waals surface area (Å²) in [5.41, 5.74) is 23.7. The Morgan fingerprint density at radius 1 is 0.462 bits per heavy atom. The molecule has 6 aliphatic rings. The van der Waals surface area contributed by atoms with E-state index in [2.05, 4.69) is 180 Å². The van der Waals surface area contributed by atoms with Crippen molar-refractivity contribution in [2.45, 2.75) is 29.1 Å². The minimum atomic E-state index is -0.237.